The van der Waals surface area contributed by atoms with E-state index in [9.17, 15) is 23.1 Å². The number of carbonyl (C=O) groups is 2. The third-order valence-electron chi connectivity index (χ3n) is 4.07. The van der Waals surface area contributed by atoms with Gasteiger partial charge in [0.2, 0.25) is 15.9 Å². The van der Waals surface area contributed by atoms with Gasteiger partial charge in [-0.2, -0.15) is 0 Å². The summed E-state index contributed by atoms with van der Waals surface area (Å²) in [6, 6.07) is 11.3. The maximum atomic E-state index is 12.2. The van der Waals surface area contributed by atoms with Crippen molar-refractivity contribution in [1.82, 2.24) is 10.0 Å². The first-order valence-electron chi connectivity index (χ1n) is 8.60. The highest BCUT2D eigenvalue weighted by Gasteiger charge is 2.22. The van der Waals surface area contributed by atoms with Crippen LogP contribution in [0.5, 0.6) is 0 Å². The van der Waals surface area contributed by atoms with Crippen molar-refractivity contribution in [3.05, 3.63) is 65.2 Å². The van der Waals surface area contributed by atoms with Gasteiger partial charge in [-0.3, -0.25) is 10.2 Å². The van der Waals surface area contributed by atoms with Gasteiger partial charge in [-0.25, -0.2) is 17.9 Å². The van der Waals surface area contributed by atoms with Gasteiger partial charge < -0.3 is 16.2 Å². The average Bonchev–Trinajstić information content (AvgIpc) is 2.66. The highest BCUT2D eigenvalue weighted by Crippen LogP contribution is 2.10. The number of aryl methyl sites for hydroxylation is 1. The number of nitrogens with one attached hydrogen (secondary N) is 3. The molecule has 6 N–H and O–H groups in total. The molecule has 1 amide bonds. The van der Waals surface area contributed by atoms with E-state index < -0.39 is 34.5 Å². The molecule has 29 heavy (non-hydrogen) atoms. The molecule has 0 fully saturated rings. The van der Waals surface area contributed by atoms with Crippen LogP contribution in [-0.2, 0) is 26.0 Å². The van der Waals surface area contributed by atoms with E-state index in [1.165, 1.54) is 12.1 Å². The highest BCUT2D eigenvalue weighted by atomic mass is 32.2. The molecule has 2 rings (SSSR count). The lowest BCUT2D eigenvalue weighted by Gasteiger charge is -2.15. The molecule has 1 unspecified atom stereocenters. The summed E-state index contributed by atoms with van der Waals surface area (Å²) >= 11 is 0. The van der Waals surface area contributed by atoms with Crippen LogP contribution in [0, 0.1) is 12.3 Å². The largest absolute Gasteiger partial charge is 0.480 e. The van der Waals surface area contributed by atoms with Gasteiger partial charge in [0.15, 0.2) is 0 Å². The van der Waals surface area contributed by atoms with Gasteiger partial charge in [0.05, 0.1) is 11.4 Å². The number of nitrogens with two attached hydrogens (primary N) is 1. The fourth-order valence-electron chi connectivity index (χ4n) is 2.51. The molecule has 0 aliphatic carbocycles. The molecule has 0 saturated carbocycles. The number of amides is 1. The van der Waals surface area contributed by atoms with Gasteiger partial charge in [-0.15, -0.1) is 0 Å². The number of sulfonamides is 1. The summed E-state index contributed by atoms with van der Waals surface area (Å²) in [6.45, 7) is 1.21. The van der Waals surface area contributed by atoms with Crippen LogP contribution in [-0.4, -0.2) is 43.8 Å². The van der Waals surface area contributed by atoms with Crippen LogP contribution in [0.15, 0.2) is 53.4 Å². The number of hydrogen-bond donors (Lipinski definition) is 5. The molecule has 0 saturated heterocycles. The van der Waals surface area contributed by atoms with Gasteiger partial charge in [0.1, 0.15) is 11.9 Å². The Morgan fingerprint density at radius 1 is 1.17 bits per heavy atom. The summed E-state index contributed by atoms with van der Waals surface area (Å²) in [5.74, 6) is -2.21. The molecule has 0 heterocycles. The van der Waals surface area contributed by atoms with Gasteiger partial charge in [-0.05, 0) is 30.7 Å². The Kier molecular flexibility index (Phi) is 7.08. The molecule has 9 nitrogen and oxygen atoms in total. The SMILES string of the molecule is Cc1ccc(S(=O)(=O)NCC(=O)NC(Cc2cccc(C(=N)N)c2)C(=O)O)cc1. The van der Waals surface area contributed by atoms with Gasteiger partial charge >= 0.3 is 5.97 Å². The second-order valence-electron chi connectivity index (χ2n) is 6.41. The van der Waals surface area contributed by atoms with E-state index in [2.05, 4.69) is 10.0 Å². The Labute approximate surface area is 168 Å². The molecule has 2 aromatic carbocycles. The molecular formula is C19H22N4O5S. The zero-order valence-corrected chi connectivity index (χ0v) is 16.5. The van der Waals surface area contributed by atoms with Crippen molar-refractivity contribution in [2.45, 2.75) is 24.3 Å². The van der Waals surface area contributed by atoms with Crippen LogP contribution < -0.4 is 15.8 Å². The first kappa shape index (κ1) is 22.1. The minimum atomic E-state index is -3.90. The summed E-state index contributed by atoms with van der Waals surface area (Å²) in [7, 11) is -3.90. The Morgan fingerprint density at radius 2 is 1.83 bits per heavy atom. The van der Waals surface area contributed by atoms with E-state index in [0.29, 0.717) is 11.1 Å². The standard InChI is InChI=1S/C19H22N4O5S/c1-12-5-7-15(8-6-12)29(27,28)22-11-17(24)23-16(19(25)26)10-13-3-2-4-14(9-13)18(20)21/h2-9,16,22H,10-11H2,1H3,(H3,20,21)(H,23,24)(H,25,26). The van der Waals surface area contributed by atoms with E-state index in [1.54, 1.807) is 36.4 Å². The zero-order valence-electron chi connectivity index (χ0n) is 15.7. The third-order valence-corrected chi connectivity index (χ3v) is 5.48. The predicted octanol–water partition coefficient (Wildman–Crippen LogP) is 0.369. The van der Waals surface area contributed by atoms with Crippen LogP contribution in [0.3, 0.4) is 0 Å². The first-order valence-corrected chi connectivity index (χ1v) is 10.1. The van der Waals surface area contributed by atoms with Gasteiger partial charge in [0, 0.05) is 12.0 Å². The maximum Gasteiger partial charge on any atom is 0.326 e. The topological polar surface area (TPSA) is 162 Å². The van der Waals surface area contributed by atoms with E-state index >= 15 is 0 Å². The lowest BCUT2D eigenvalue weighted by Crippen LogP contribution is -2.46. The van der Waals surface area contributed by atoms with Crippen LogP contribution in [0.2, 0.25) is 0 Å². The number of benzene rings is 2. The second kappa shape index (κ2) is 9.30. The summed E-state index contributed by atoms with van der Waals surface area (Å²) in [4.78, 5) is 23.6. The maximum absolute atomic E-state index is 12.2. The highest BCUT2D eigenvalue weighted by molar-refractivity contribution is 7.89. The molecular weight excluding hydrogens is 396 g/mol. The average molecular weight is 418 g/mol. The van der Waals surface area contributed by atoms with Crippen molar-refractivity contribution in [1.29, 1.82) is 5.41 Å². The molecule has 10 heteroatoms. The van der Waals surface area contributed by atoms with Crippen molar-refractivity contribution in [2.24, 2.45) is 5.73 Å². The third kappa shape index (κ3) is 6.40. The molecule has 0 aliphatic heterocycles. The summed E-state index contributed by atoms with van der Waals surface area (Å²) in [6.07, 6.45) is -0.0487. The molecule has 1 atom stereocenters. The van der Waals surface area contributed by atoms with E-state index in [-0.39, 0.29) is 17.2 Å². The molecule has 0 bridgehead atoms. The number of aliphatic carboxylic acids is 1. The molecule has 0 aromatic heterocycles. The van der Waals surface area contributed by atoms with Crippen LogP contribution in [0.4, 0.5) is 0 Å². The Morgan fingerprint density at radius 3 is 2.41 bits per heavy atom. The fraction of sp³-hybridized carbons (Fsp3) is 0.211. The number of amidine groups is 1. The number of carboxylic acids is 1. The Hall–Kier alpha value is -3.24. The summed E-state index contributed by atoms with van der Waals surface area (Å²) in [5.41, 5.74) is 7.31. The molecule has 154 valence electrons. The molecule has 0 spiro atoms. The molecule has 2 aromatic rings. The number of nitrogen functional groups attached to an aromatic ring is 1. The first-order chi connectivity index (χ1) is 13.6. The lowest BCUT2D eigenvalue weighted by atomic mass is 10.0. The van der Waals surface area contributed by atoms with Crippen molar-refractivity contribution in [3.63, 3.8) is 0 Å². The lowest BCUT2D eigenvalue weighted by molar-refractivity contribution is -0.141. The second-order valence-corrected chi connectivity index (χ2v) is 8.18. The van der Waals surface area contributed by atoms with Gasteiger partial charge in [-0.1, -0.05) is 35.9 Å². The minimum Gasteiger partial charge on any atom is -0.480 e. The van der Waals surface area contributed by atoms with Crippen molar-refractivity contribution >= 4 is 27.7 Å². The number of hydrogen-bond acceptors (Lipinski definition) is 5. The molecule has 0 radical (unpaired) electrons. The van der Waals surface area contributed by atoms with Crippen LogP contribution >= 0.6 is 0 Å². The predicted molar refractivity (Wildman–Crippen MR) is 107 cm³/mol. The number of rotatable bonds is 9. The number of carboxylic acid groups (broad SMARTS) is 1. The normalized spacial score (nSPS) is 12.2. The van der Waals surface area contributed by atoms with Crippen molar-refractivity contribution < 1.29 is 23.1 Å². The minimum absolute atomic E-state index is 0.00623. The fourth-order valence-corrected chi connectivity index (χ4v) is 3.49. The Bertz CT molecular complexity index is 1020. The monoisotopic (exact) mass is 418 g/mol. The van der Waals surface area contributed by atoms with E-state index in [0.717, 1.165) is 5.56 Å². The van der Waals surface area contributed by atoms with E-state index in [4.69, 9.17) is 11.1 Å². The Balaban J connectivity index is 2.01. The van der Waals surface area contributed by atoms with E-state index in [1.807, 2.05) is 6.92 Å². The van der Waals surface area contributed by atoms with Crippen LogP contribution in [0.1, 0.15) is 16.7 Å². The zero-order chi connectivity index (χ0) is 21.6. The van der Waals surface area contributed by atoms with Crippen molar-refractivity contribution in [2.75, 3.05) is 6.54 Å². The van der Waals surface area contributed by atoms with Gasteiger partial charge in [0.25, 0.3) is 0 Å². The summed E-state index contributed by atoms with van der Waals surface area (Å²) < 4.78 is 26.6. The molecule has 0 aliphatic rings. The van der Waals surface area contributed by atoms with Crippen LogP contribution in [0.25, 0.3) is 0 Å². The van der Waals surface area contributed by atoms with Crippen molar-refractivity contribution in [3.8, 4) is 0 Å². The smallest absolute Gasteiger partial charge is 0.326 e. The summed E-state index contributed by atoms with van der Waals surface area (Å²) in [5, 5.41) is 19.1. The quantitative estimate of drug-likeness (QED) is 0.292. The number of carbonyl (C=O) groups excluding carboxylic acids is 1.